The Morgan fingerprint density at radius 2 is 1.96 bits per heavy atom. The van der Waals surface area contributed by atoms with Crippen molar-refractivity contribution in [1.82, 2.24) is 10.2 Å². The molecule has 1 aromatic rings. The van der Waals surface area contributed by atoms with Gasteiger partial charge in [0, 0.05) is 46.0 Å². The fraction of sp³-hybridized carbons (Fsp3) is 0.650. The summed E-state index contributed by atoms with van der Waals surface area (Å²) >= 11 is 0. The maximum atomic E-state index is 12.5. The predicted octanol–water partition coefficient (Wildman–Crippen LogP) is 1.95. The lowest BCUT2D eigenvalue weighted by Crippen LogP contribution is -2.44. The van der Waals surface area contributed by atoms with Crippen molar-refractivity contribution in [3.05, 3.63) is 23.8 Å². The Morgan fingerprint density at radius 3 is 2.59 bits per heavy atom. The molecule has 152 valence electrons. The van der Waals surface area contributed by atoms with Crippen LogP contribution in [-0.4, -0.2) is 77.1 Å². The molecule has 1 amide bonds. The molecule has 2 rings (SSSR count). The number of likely N-dealkylation sites (tertiary alicyclic amines) is 1. The molecular formula is C20H32N2O5. The van der Waals surface area contributed by atoms with E-state index in [1.807, 2.05) is 0 Å². The van der Waals surface area contributed by atoms with Crippen molar-refractivity contribution >= 4 is 5.91 Å². The first kappa shape index (κ1) is 21.5. The van der Waals surface area contributed by atoms with Crippen LogP contribution in [-0.2, 0) is 9.47 Å². The zero-order valence-electron chi connectivity index (χ0n) is 16.8. The molecule has 0 bridgehead atoms. The normalized spacial score (nSPS) is 16.7. The number of carbonyl (C=O) groups is 1. The van der Waals surface area contributed by atoms with Crippen molar-refractivity contribution < 1.29 is 23.7 Å². The molecule has 1 aromatic carbocycles. The molecule has 1 heterocycles. The molecular weight excluding hydrogens is 348 g/mol. The molecule has 1 atom stereocenters. The summed E-state index contributed by atoms with van der Waals surface area (Å²) in [5.74, 6) is 1.06. The first-order valence-corrected chi connectivity index (χ1v) is 9.43. The van der Waals surface area contributed by atoms with Gasteiger partial charge in [0.15, 0.2) is 0 Å². The second kappa shape index (κ2) is 11.1. The lowest BCUT2D eigenvalue weighted by atomic mass is 10.1. The molecule has 1 aliphatic rings. The Balaban J connectivity index is 2.01. The topological polar surface area (TPSA) is 69.3 Å². The van der Waals surface area contributed by atoms with Gasteiger partial charge in [0.2, 0.25) is 0 Å². The van der Waals surface area contributed by atoms with Crippen molar-refractivity contribution in [3.63, 3.8) is 0 Å². The Morgan fingerprint density at radius 1 is 1.22 bits per heavy atom. The highest BCUT2D eigenvalue weighted by Gasteiger charge is 2.25. The van der Waals surface area contributed by atoms with Gasteiger partial charge in [-0.1, -0.05) is 0 Å². The highest BCUT2D eigenvalue weighted by Crippen LogP contribution is 2.28. The summed E-state index contributed by atoms with van der Waals surface area (Å²) in [4.78, 5) is 14.9. The number of ether oxygens (including phenoxy) is 4. The maximum Gasteiger partial charge on any atom is 0.255 e. The molecule has 1 fully saturated rings. The third-order valence-electron chi connectivity index (χ3n) is 4.83. The van der Waals surface area contributed by atoms with Crippen LogP contribution in [0.3, 0.4) is 0 Å². The van der Waals surface area contributed by atoms with Gasteiger partial charge in [-0.2, -0.15) is 0 Å². The second-order valence-corrected chi connectivity index (χ2v) is 6.77. The van der Waals surface area contributed by atoms with Crippen LogP contribution >= 0.6 is 0 Å². The van der Waals surface area contributed by atoms with Crippen LogP contribution in [0.25, 0.3) is 0 Å². The molecule has 7 heteroatoms. The van der Waals surface area contributed by atoms with E-state index >= 15 is 0 Å². The third-order valence-corrected chi connectivity index (χ3v) is 4.83. The standard InChI is InChI=1S/C20H32N2O5/c1-15(14-25-3)22-10-7-16(8-11-22)27-19-13-17(26-4)5-6-18(19)20(23)21-9-12-24-2/h5-6,13,15-16H,7-12,14H2,1-4H3,(H,21,23)/t15-/m1/s1. The van der Waals surface area contributed by atoms with Gasteiger partial charge in [-0.3, -0.25) is 9.69 Å². The number of amides is 1. The smallest absolute Gasteiger partial charge is 0.255 e. The quantitative estimate of drug-likeness (QED) is 0.626. The fourth-order valence-electron chi connectivity index (χ4n) is 3.24. The monoisotopic (exact) mass is 380 g/mol. The average molecular weight is 380 g/mol. The van der Waals surface area contributed by atoms with E-state index in [4.69, 9.17) is 18.9 Å². The van der Waals surface area contributed by atoms with Crippen LogP contribution < -0.4 is 14.8 Å². The van der Waals surface area contributed by atoms with Gasteiger partial charge in [0.25, 0.3) is 5.91 Å². The van der Waals surface area contributed by atoms with Crippen LogP contribution in [0.5, 0.6) is 11.5 Å². The summed E-state index contributed by atoms with van der Waals surface area (Å²) in [6, 6.07) is 5.69. The molecule has 0 radical (unpaired) electrons. The Bertz CT molecular complexity index is 588. The van der Waals surface area contributed by atoms with E-state index in [2.05, 4.69) is 17.1 Å². The zero-order chi connectivity index (χ0) is 19.6. The zero-order valence-corrected chi connectivity index (χ0v) is 16.8. The number of nitrogens with one attached hydrogen (secondary N) is 1. The highest BCUT2D eigenvalue weighted by molar-refractivity contribution is 5.97. The van der Waals surface area contributed by atoms with Crippen LogP contribution in [0.15, 0.2) is 18.2 Å². The van der Waals surface area contributed by atoms with Crippen LogP contribution in [0.1, 0.15) is 30.1 Å². The van der Waals surface area contributed by atoms with Gasteiger partial charge >= 0.3 is 0 Å². The Hall–Kier alpha value is -1.83. The number of methoxy groups -OCH3 is 3. The summed E-state index contributed by atoms with van der Waals surface area (Å²) in [6.45, 7) is 5.73. The summed E-state index contributed by atoms with van der Waals surface area (Å²) in [6.07, 6.45) is 1.90. The number of hydrogen-bond acceptors (Lipinski definition) is 6. The Labute approximate surface area is 161 Å². The number of nitrogens with zero attached hydrogens (tertiary/aromatic N) is 1. The lowest BCUT2D eigenvalue weighted by molar-refractivity contribution is 0.0470. The van der Waals surface area contributed by atoms with E-state index in [0.29, 0.717) is 36.3 Å². The maximum absolute atomic E-state index is 12.5. The van der Waals surface area contributed by atoms with E-state index in [9.17, 15) is 4.79 Å². The van der Waals surface area contributed by atoms with Crippen molar-refractivity contribution in [3.8, 4) is 11.5 Å². The summed E-state index contributed by atoms with van der Waals surface area (Å²) in [5, 5.41) is 2.84. The fourth-order valence-corrected chi connectivity index (χ4v) is 3.24. The van der Waals surface area contributed by atoms with E-state index in [1.54, 1.807) is 39.5 Å². The number of carbonyl (C=O) groups excluding carboxylic acids is 1. The van der Waals surface area contributed by atoms with E-state index in [0.717, 1.165) is 32.5 Å². The first-order chi connectivity index (χ1) is 13.1. The van der Waals surface area contributed by atoms with Gasteiger partial charge in [0.1, 0.15) is 17.6 Å². The van der Waals surface area contributed by atoms with Gasteiger partial charge in [-0.25, -0.2) is 0 Å². The van der Waals surface area contributed by atoms with Crippen molar-refractivity contribution in [2.75, 3.05) is 54.2 Å². The van der Waals surface area contributed by atoms with E-state index in [-0.39, 0.29) is 12.0 Å². The predicted molar refractivity (Wildman–Crippen MR) is 104 cm³/mol. The average Bonchev–Trinajstić information content (AvgIpc) is 2.68. The number of rotatable bonds is 10. The van der Waals surface area contributed by atoms with Gasteiger partial charge in [0.05, 0.1) is 25.9 Å². The number of benzene rings is 1. The first-order valence-electron chi connectivity index (χ1n) is 9.43. The second-order valence-electron chi connectivity index (χ2n) is 6.77. The SMILES string of the molecule is COCCNC(=O)c1ccc(OC)cc1OC1CCN([C@H](C)COC)CC1. The van der Waals surface area contributed by atoms with Crippen molar-refractivity contribution in [2.45, 2.75) is 31.9 Å². The van der Waals surface area contributed by atoms with Crippen LogP contribution in [0.4, 0.5) is 0 Å². The lowest BCUT2D eigenvalue weighted by Gasteiger charge is -2.36. The summed E-state index contributed by atoms with van der Waals surface area (Å²) in [5.41, 5.74) is 0.516. The van der Waals surface area contributed by atoms with Crippen molar-refractivity contribution in [2.24, 2.45) is 0 Å². The van der Waals surface area contributed by atoms with E-state index < -0.39 is 0 Å². The molecule has 0 aliphatic carbocycles. The van der Waals surface area contributed by atoms with Gasteiger partial charge < -0.3 is 24.3 Å². The van der Waals surface area contributed by atoms with Crippen molar-refractivity contribution in [1.29, 1.82) is 0 Å². The minimum Gasteiger partial charge on any atom is -0.497 e. The number of piperidine rings is 1. The summed E-state index contributed by atoms with van der Waals surface area (Å²) < 4.78 is 21.7. The third kappa shape index (κ3) is 6.37. The van der Waals surface area contributed by atoms with Gasteiger partial charge in [-0.05, 0) is 31.9 Å². The van der Waals surface area contributed by atoms with E-state index in [1.165, 1.54) is 0 Å². The summed E-state index contributed by atoms with van der Waals surface area (Å²) in [7, 11) is 4.94. The molecule has 7 nitrogen and oxygen atoms in total. The highest BCUT2D eigenvalue weighted by atomic mass is 16.5. The molecule has 0 aromatic heterocycles. The molecule has 1 saturated heterocycles. The minimum atomic E-state index is -0.171. The molecule has 0 unspecified atom stereocenters. The number of hydrogen-bond donors (Lipinski definition) is 1. The Kier molecular flexibility index (Phi) is 8.84. The molecule has 0 saturated carbocycles. The molecule has 27 heavy (non-hydrogen) atoms. The van der Waals surface area contributed by atoms with Crippen LogP contribution in [0, 0.1) is 0 Å². The van der Waals surface area contributed by atoms with Gasteiger partial charge in [-0.15, -0.1) is 0 Å². The largest absolute Gasteiger partial charge is 0.497 e. The molecule has 0 spiro atoms. The molecule has 1 aliphatic heterocycles. The molecule has 1 N–H and O–H groups in total. The van der Waals surface area contributed by atoms with Crippen LogP contribution in [0.2, 0.25) is 0 Å². The minimum absolute atomic E-state index is 0.0774.